The number of amides is 2. The van der Waals surface area contributed by atoms with E-state index in [0.717, 1.165) is 22.5 Å². The third kappa shape index (κ3) is 6.22. The first kappa shape index (κ1) is 23.1. The van der Waals surface area contributed by atoms with Gasteiger partial charge in [-0.15, -0.1) is 10.2 Å². The van der Waals surface area contributed by atoms with Crippen LogP contribution in [0, 0.1) is 0 Å². The number of nitrogens with zero attached hydrogens (tertiary/aromatic N) is 8. The van der Waals surface area contributed by atoms with Gasteiger partial charge in [0.2, 0.25) is 11.8 Å². The lowest BCUT2D eigenvalue weighted by atomic mass is 10.1. The SMILES string of the molecule is CCN(Cc1cn(C)nn1)C(=O)Cc1ccc(CC(=O)N(CC)Cc2cn(C)nn2)cc1. The highest BCUT2D eigenvalue weighted by molar-refractivity contribution is 5.80. The van der Waals surface area contributed by atoms with E-state index in [1.807, 2.05) is 50.5 Å². The van der Waals surface area contributed by atoms with Crippen LogP contribution in [0.2, 0.25) is 0 Å². The molecule has 0 bridgehead atoms. The first-order chi connectivity index (χ1) is 15.4. The monoisotopic (exact) mass is 438 g/mol. The number of hydrogen-bond acceptors (Lipinski definition) is 6. The van der Waals surface area contributed by atoms with Crippen LogP contribution in [0.5, 0.6) is 0 Å². The molecule has 3 rings (SSSR count). The van der Waals surface area contributed by atoms with Crippen molar-refractivity contribution in [1.29, 1.82) is 0 Å². The van der Waals surface area contributed by atoms with Crippen molar-refractivity contribution in [2.24, 2.45) is 14.1 Å². The average Bonchev–Trinajstić information content (AvgIpc) is 3.38. The standard InChI is InChI=1S/C22H30N8O2/c1-5-29(15-19-13-27(3)25-23-19)21(31)11-17-7-9-18(10-8-17)12-22(32)30(6-2)16-20-14-28(4)26-24-20/h7-10,13-14H,5-6,11-12,15-16H2,1-4H3. The summed E-state index contributed by atoms with van der Waals surface area (Å²) in [6.45, 7) is 5.97. The van der Waals surface area contributed by atoms with Gasteiger partial charge in [0.1, 0.15) is 11.4 Å². The summed E-state index contributed by atoms with van der Waals surface area (Å²) in [6.07, 6.45) is 4.23. The topological polar surface area (TPSA) is 102 Å². The molecule has 10 nitrogen and oxygen atoms in total. The van der Waals surface area contributed by atoms with E-state index in [-0.39, 0.29) is 11.8 Å². The van der Waals surface area contributed by atoms with Gasteiger partial charge in [-0.2, -0.15) is 0 Å². The van der Waals surface area contributed by atoms with Crippen molar-refractivity contribution in [3.05, 3.63) is 59.2 Å². The number of aromatic nitrogens is 6. The molecule has 2 heterocycles. The predicted molar refractivity (Wildman–Crippen MR) is 118 cm³/mol. The van der Waals surface area contributed by atoms with Crippen molar-refractivity contribution in [3.63, 3.8) is 0 Å². The maximum atomic E-state index is 12.7. The number of hydrogen-bond donors (Lipinski definition) is 0. The summed E-state index contributed by atoms with van der Waals surface area (Å²) < 4.78 is 3.25. The zero-order valence-corrected chi connectivity index (χ0v) is 19.1. The molecule has 0 aliphatic carbocycles. The Morgan fingerprint density at radius 1 is 0.750 bits per heavy atom. The molecule has 170 valence electrons. The van der Waals surface area contributed by atoms with Crippen molar-refractivity contribution in [2.45, 2.75) is 39.8 Å². The second-order valence-corrected chi connectivity index (χ2v) is 7.75. The van der Waals surface area contributed by atoms with E-state index in [4.69, 9.17) is 0 Å². The summed E-state index contributed by atoms with van der Waals surface area (Å²) >= 11 is 0. The highest BCUT2D eigenvalue weighted by Crippen LogP contribution is 2.11. The lowest BCUT2D eigenvalue weighted by molar-refractivity contribution is -0.131. The lowest BCUT2D eigenvalue weighted by Gasteiger charge is -2.20. The fourth-order valence-electron chi connectivity index (χ4n) is 3.43. The van der Waals surface area contributed by atoms with Gasteiger partial charge in [-0.3, -0.25) is 19.0 Å². The third-order valence-corrected chi connectivity index (χ3v) is 5.21. The second-order valence-electron chi connectivity index (χ2n) is 7.75. The minimum Gasteiger partial charge on any atom is -0.337 e. The summed E-state index contributed by atoms with van der Waals surface area (Å²) in [5.41, 5.74) is 3.35. The molecule has 0 N–H and O–H groups in total. The van der Waals surface area contributed by atoms with Crippen molar-refractivity contribution in [2.75, 3.05) is 13.1 Å². The van der Waals surface area contributed by atoms with Gasteiger partial charge in [-0.1, -0.05) is 34.7 Å². The molecule has 0 saturated heterocycles. The van der Waals surface area contributed by atoms with E-state index in [2.05, 4.69) is 20.6 Å². The molecule has 0 aliphatic heterocycles. The van der Waals surface area contributed by atoms with Crippen LogP contribution in [0.25, 0.3) is 0 Å². The molecule has 32 heavy (non-hydrogen) atoms. The largest absolute Gasteiger partial charge is 0.337 e. The fraction of sp³-hybridized carbons (Fsp3) is 0.455. The van der Waals surface area contributed by atoms with Crippen LogP contribution in [0.15, 0.2) is 36.7 Å². The summed E-state index contributed by atoms with van der Waals surface area (Å²) in [4.78, 5) is 29.0. The van der Waals surface area contributed by atoms with E-state index in [1.54, 1.807) is 33.3 Å². The quantitative estimate of drug-likeness (QED) is 0.470. The number of benzene rings is 1. The Balaban J connectivity index is 1.55. The molecule has 2 amide bonds. The first-order valence-electron chi connectivity index (χ1n) is 10.7. The maximum absolute atomic E-state index is 12.7. The Hall–Kier alpha value is -3.56. The highest BCUT2D eigenvalue weighted by atomic mass is 16.2. The minimum absolute atomic E-state index is 0.0307. The van der Waals surface area contributed by atoms with Crippen LogP contribution >= 0.6 is 0 Å². The number of carbonyl (C=O) groups is 2. The van der Waals surface area contributed by atoms with Crippen molar-refractivity contribution < 1.29 is 9.59 Å². The third-order valence-electron chi connectivity index (χ3n) is 5.21. The van der Waals surface area contributed by atoms with Gasteiger partial charge in [0.25, 0.3) is 0 Å². The molecule has 0 unspecified atom stereocenters. The average molecular weight is 439 g/mol. The van der Waals surface area contributed by atoms with Crippen LogP contribution in [0.1, 0.15) is 36.4 Å². The normalized spacial score (nSPS) is 10.9. The van der Waals surface area contributed by atoms with Gasteiger partial charge in [-0.25, -0.2) is 0 Å². The minimum atomic E-state index is 0.0307. The van der Waals surface area contributed by atoms with Gasteiger partial charge < -0.3 is 9.80 Å². The van der Waals surface area contributed by atoms with Crippen molar-refractivity contribution in [1.82, 2.24) is 39.8 Å². The van der Waals surface area contributed by atoms with E-state index < -0.39 is 0 Å². The smallest absolute Gasteiger partial charge is 0.227 e. The zero-order valence-electron chi connectivity index (χ0n) is 19.1. The molecule has 0 fully saturated rings. The fourth-order valence-corrected chi connectivity index (χ4v) is 3.43. The molecular weight excluding hydrogens is 408 g/mol. The highest BCUT2D eigenvalue weighted by Gasteiger charge is 2.16. The summed E-state index contributed by atoms with van der Waals surface area (Å²) in [7, 11) is 3.60. The molecule has 0 aliphatic rings. The summed E-state index contributed by atoms with van der Waals surface area (Å²) in [5.74, 6) is 0.0613. The van der Waals surface area contributed by atoms with Crippen molar-refractivity contribution in [3.8, 4) is 0 Å². The first-order valence-corrected chi connectivity index (χ1v) is 10.7. The molecule has 1 aromatic carbocycles. The van der Waals surface area contributed by atoms with E-state index in [1.165, 1.54) is 0 Å². The Bertz CT molecular complexity index is 957. The van der Waals surface area contributed by atoms with Gasteiger partial charge in [0, 0.05) is 39.6 Å². The number of rotatable bonds is 10. The van der Waals surface area contributed by atoms with Crippen molar-refractivity contribution >= 4 is 11.8 Å². The number of aryl methyl sites for hydroxylation is 2. The van der Waals surface area contributed by atoms with Crippen LogP contribution in [-0.4, -0.2) is 64.7 Å². The van der Waals surface area contributed by atoms with Gasteiger partial charge >= 0.3 is 0 Å². The van der Waals surface area contributed by atoms with Crippen LogP contribution in [0.4, 0.5) is 0 Å². The molecular formula is C22H30N8O2. The number of likely N-dealkylation sites (N-methyl/N-ethyl adjacent to an activating group) is 2. The van der Waals surface area contributed by atoms with E-state index in [0.29, 0.717) is 39.0 Å². The maximum Gasteiger partial charge on any atom is 0.227 e. The Kier molecular flexibility index (Phi) is 7.69. The van der Waals surface area contributed by atoms with E-state index >= 15 is 0 Å². The van der Waals surface area contributed by atoms with Crippen LogP contribution < -0.4 is 0 Å². The predicted octanol–water partition coefficient (Wildman–Crippen LogP) is 1.13. The Morgan fingerprint density at radius 2 is 1.12 bits per heavy atom. The van der Waals surface area contributed by atoms with E-state index in [9.17, 15) is 9.59 Å². The molecule has 10 heteroatoms. The molecule has 0 atom stereocenters. The van der Waals surface area contributed by atoms with Gasteiger partial charge in [0.05, 0.1) is 25.9 Å². The molecule has 0 spiro atoms. The summed E-state index contributed by atoms with van der Waals surface area (Å²) in [6, 6.07) is 7.65. The molecule has 0 saturated carbocycles. The van der Waals surface area contributed by atoms with Gasteiger partial charge in [0.15, 0.2) is 0 Å². The zero-order chi connectivity index (χ0) is 23.1. The molecule has 2 aromatic heterocycles. The summed E-state index contributed by atoms with van der Waals surface area (Å²) in [5, 5.41) is 15.9. The van der Waals surface area contributed by atoms with Crippen LogP contribution in [-0.2, 0) is 49.6 Å². The number of carbonyl (C=O) groups excluding carboxylic acids is 2. The Morgan fingerprint density at radius 3 is 1.41 bits per heavy atom. The lowest BCUT2D eigenvalue weighted by Crippen LogP contribution is -2.32. The molecule has 0 radical (unpaired) electrons. The van der Waals surface area contributed by atoms with Crippen LogP contribution in [0.3, 0.4) is 0 Å². The second kappa shape index (κ2) is 10.7. The van der Waals surface area contributed by atoms with Gasteiger partial charge in [-0.05, 0) is 25.0 Å². The molecule has 3 aromatic rings. The Labute approximate surface area is 187 Å².